The number of hydrogen-bond acceptors (Lipinski definition) is 7. The SMILES string of the molecule is CSc1ccc([C@@H]2Oc3nc(SC)nnc3-c3ccccc3N2C(C)=O)cc1. The molecule has 1 aliphatic rings. The molecule has 0 bridgehead atoms. The lowest BCUT2D eigenvalue weighted by Crippen LogP contribution is -2.36. The van der Waals surface area contributed by atoms with Gasteiger partial charge in [0.15, 0.2) is 5.69 Å². The molecule has 6 nitrogen and oxygen atoms in total. The van der Waals surface area contributed by atoms with Gasteiger partial charge in [0.2, 0.25) is 23.2 Å². The third kappa shape index (κ3) is 3.33. The predicted molar refractivity (Wildman–Crippen MR) is 112 cm³/mol. The van der Waals surface area contributed by atoms with Gasteiger partial charge < -0.3 is 4.74 Å². The van der Waals surface area contributed by atoms with Crippen LogP contribution in [0.4, 0.5) is 5.69 Å². The van der Waals surface area contributed by atoms with E-state index in [1.807, 2.05) is 61.0 Å². The molecule has 4 rings (SSSR count). The average Bonchev–Trinajstić information content (AvgIpc) is 2.87. The summed E-state index contributed by atoms with van der Waals surface area (Å²) in [7, 11) is 0. The Morgan fingerprint density at radius 1 is 1.04 bits per heavy atom. The first-order chi connectivity index (χ1) is 13.6. The van der Waals surface area contributed by atoms with Crippen LogP contribution in [-0.4, -0.2) is 33.6 Å². The number of thioether (sulfide) groups is 2. The van der Waals surface area contributed by atoms with Gasteiger partial charge in [0.05, 0.1) is 5.69 Å². The Morgan fingerprint density at radius 3 is 2.46 bits per heavy atom. The summed E-state index contributed by atoms with van der Waals surface area (Å²) in [5, 5.41) is 9.02. The molecule has 1 amide bonds. The van der Waals surface area contributed by atoms with E-state index in [-0.39, 0.29) is 5.91 Å². The summed E-state index contributed by atoms with van der Waals surface area (Å²) in [5.74, 6) is 0.242. The maximum atomic E-state index is 12.7. The number of carbonyl (C=O) groups excluding carboxylic acids is 1. The Labute approximate surface area is 171 Å². The fourth-order valence-electron chi connectivity index (χ4n) is 3.12. The highest BCUT2D eigenvalue weighted by Crippen LogP contribution is 2.43. The highest BCUT2D eigenvalue weighted by molar-refractivity contribution is 7.98. The standard InChI is InChI=1S/C20H18N4O2S2/c1-12(25)24-16-7-5-4-6-15(16)17-18(21-20(28-3)23-22-17)26-19(24)13-8-10-14(27-2)11-9-13/h4-11,19H,1-3H3/t19-/m0/s1. The molecule has 1 atom stereocenters. The number of para-hydroxylation sites is 1. The van der Waals surface area contributed by atoms with Gasteiger partial charge in [-0.3, -0.25) is 9.69 Å². The van der Waals surface area contributed by atoms with Gasteiger partial charge in [-0.25, -0.2) is 0 Å². The zero-order chi connectivity index (χ0) is 19.7. The molecule has 0 radical (unpaired) electrons. The number of nitrogens with zero attached hydrogens (tertiary/aromatic N) is 4. The third-order valence-electron chi connectivity index (χ3n) is 4.43. The fraction of sp³-hybridized carbons (Fsp3) is 0.200. The third-order valence-corrected chi connectivity index (χ3v) is 5.72. The minimum absolute atomic E-state index is 0.128. The fourth-order valence-corrected chi connectivity index (χ4v) is 3.83. The number of aromatic nitrogens is 3. The highest BCUT2D eigenvalue weighted by Gasteiger charge is 2.34. The van der Waals surface area contributed by atoms with E-state index in [4.69, 9.17) is 4.74 Å². The number of carbonyl (C=O) groups is 1. The Morgan fingerprint density at radius 2 is 1.79 bits per heavy atom. The van der Waals surface area contributed by atoms with E-state index in [1.165, 1.54) is 18.7 Å². The molecule has 0 spiro atoms. The first-order valence-electron chi connectivity index (χ1n) is 8.61. The van der Waals surface area contributed by atoms with Crippen LogP contribution in [0.25, 0.3) is 11.3 Å². The number of ether oxygens (including phenoxy) is 1. The van der Waals surface area contributed by atoms with Gasteiger partial charge in [-0.15, -0.1) is 22.0 Å². The maximum Gasteiger partial charge on any atom is 0.247 e. The summed E-state index contributed by atoms with van der Waals surface area (Å²) >= 11 is 3.05. The van der Waals surface area contributed by atoms with Crippen molar-refractivity contribution >= 4 is 35.1 Å². The zero-order valence-electron chi connectivity index (χ0n) is 15.6. The minimum atomic E-state index is -0.651. The molecule has 0 fully saturated rings. The maximum absolute atomic E-state index is 12.7. The molecule has 0 unspecified atom stereocenters. The summed E-state index contributed by atoms with van der Waals surface area (Å²) in [4.78, 5) is 20.0. The number of hydrogen-bond donors (Lipinski definition) is 0. The summed E-state index contributed by atoms with van der Waals surface area (Å²) in [5.41, 5.74) is 2.88. The van der Waals surface area contributed by atoms with Crippen LogP contribution in [0.1, 0.15) is 18.7 Å². The zero-order valence-corrected chi connectivity index (χ0v) is 17.3. The molecular weight excluding hydrogens is 392 g/mol. The number of fused-ring (bicyclic) bond motifs is 3. The van der Waals surface area contributed by atoms with E-state index in [2.05, 4.69) is 15.2 Å². The number of rotatable bonds is 3. The molecule has 0 saturated heterocycles. The molecular formula is C20H18N4O2S2. The number of benzene rings is 2. The van der Waals surface area contributed by atoms with Crippen LogP contribution in [0.5, 0.6) is 5.88 Å². The van der Waals surface area contributed by atoms with Crippen molar-refractivity contribution in [1.82, 2.24) is 15.2 Å². The number of amides is 1. The summed E-state index contributed by atoms with van der Waals surface area (Å²) < 4.78 is 6.29. The molecule has 1 aliphatic heterocycles. The largest absolute Gasteiger partial charge is 0.447 e. The van der Waals surface area contributed by atoms with Crippen molar-refractivity contribution in [2.45, 2.75) is 23.2 Å². The Hall–Kier alpha value is -2.58. The Bertz CT molecular complexity index is 1030. The normalized spacial score (nSPS) is 15.2. The van der Waals surface area contributed by atoms with Crippen LogP contribution >= 0.6 is 23.5 Å². The smallest absolute Gasteiger partial charge is 0.247 e. The van der Waals surface area contributed by atoms with Gasteiger partial charge in [-0.05, 0) is 30.7 Å². The van der Waals surface area contributed by atoms with Gasteiger partial charge in [-0.1, -0.05) is 42.1 Å². The molecule has 2 heterocycles. The molecule has 0 saturated carbocycles. The van der Waals surface area contributed by atoms with Crippen molar-refractivity contribution in [3.8, 4) is 17.1 Å². The molecule has 0 N–H and O–H groups in total. The van der Waals surface area contributed by atoms with Crippen molar-refractivity contribution in [2.24, 2.45) is 0 Å². The van der Waals surface area contributed by atoms with Gasteiger partial charge >= 0.3 is 0 Å². The second-order valence-corrected chi connectivity index (χ2v) is 7.75. The van der Waals surface area contributed by atoms with Crippen molar-refractivity contribution in [1.29, 1.82) is 0 Å². The van der Waals surface area contributed by atoms with Gasteiger partial charge in [0.25, 0.3) is 0 Å². The van der Waals surface area contributed by atoms with E-state index in [0.29, 0.717) is 16.7 Å². The molecule has 142 valence electrons. The van der Waals surface area contributed by atoms with Crippen molar-refractivity contribution in [2.75, 3.05) is 17.4 Å². The van der Waals surface area contributed by atoms with Crippen molar-refractivity contribution in [3.05, 3.63) is 54.1 Å². The second-order valence-electron chi connectivity index (χ2n) is 6.10. The Balaban J connectivity index is 1.93. The van der Waals surface area contributed by atoms with E-state index < -0.39 is 6.23 Å². The number of anilines is 1. The van der Waals surface area contributed by atoms with E-state index in [0.717, 1.165) is 21.7 Å². The minimum Gasteiger partial charge on any atom is -0.447 e. The van der Waals surface area contributed by atoms with E-state index >= 15 is 0 Å². The summed E-state index contributed by atoms with van der Waals surface area (Å²) in [6, 6.07) is 15.6. The molecule has 0 aliphatic carbocycles. The quantitative estimate of drug-likeness (QED) is 0.592. The predicted octanol–water partition coefficient (Wildman–Crippen LogP) is 4.43. The summed E-state index contributed by atoms with van der Waals surface area (Å²) in [6.45, 7) is 1.53. The lowest BCUT2D eigenvalue weighted by atomic mass is 10.1. The van der Waals surface area contributed by atoms with Crippen molar-refractivity contribution in [3.63, 3.8) is 0 Å². The topological polar surface area (TPSA) is 68.2 Å². The Kier molecular flexibility index (Phi) is 5.23. The van der Waals surface area contributed by atoms with Gasteiger partial charge in [-0.2, -0.15) is 4.98 Å². The lowest BCUT2D eigenvalue weighted by Gasteiger charge is -2.30. The molecule has 28 heavy (non-hydrogen) atoms. The van der Waals surface area contributed by atoms with Crippen LogP contribution in [-0.2, 0) is 4.79 Å². The van der Waals surface area contributed by atoms with Crippen LogP contribution in [0.2, 0.25) is 0 Å². The van der Waals surface area contributed by atoms with Crippen LogP contribution < -0.4 is 9.64 Å². The lowest BCUT2D eigenvalue weighted by molar-refractivity contribution is -0.118. The molecule has 3 aromatic rings. The average molecular weight is 411 g/mol. The highest BCUT2D eigenvalue weighted by atomic mass is 32.2. The van der Waals surface area contributed by atoms with Crippen LogP contribution in [0.15, 0.2) is 58.6 Å². The molecule has 8 heteroatoms. The molecule has 2 aromatic carbocycles. The van der Waals surface area contributed by atoms with Crippen LogP contribution in [0.3, 0.4) is 0 Å². The summed E-state index contributed by atoms with van der Waals surface area (Å²) in [6.07, 6.45) is 3.26. The van der Waals surface area contributed by atoms with Crippen LogP contribution in [0, 0.1) is 0 Å². The molecule has 1 aromatic heterocycles. The van der Waals surface area contributed by atoms with Gasteiger partial charge in [0, 0.05) is 22.9 Å². The first kappa shape index (κ1) is 18.8. The van der Waals surface area contributed by atoms with E-state index in [1.54, 1.807) is 16.7 Å². The van der Waals surface area contributed by atoms with E-state index in [9.17, 15) is 4.79 Å². The second kappa shape index (κ2) is 7.81. The first-order valence-corrected chi connectivity index (χ1v) is 11.1. The van der Waals surface area contributed by atoms with Gasteiger partial charge in [0.1, 0.15) is 0 Å². The monoisotopic (exact) mass is 410 g/mol. The van der Waals surface area contributed by atoms with Crippen molar-refractivity contribution < 1.29 is 9.53 Å².